The summed E-state index contributed by atoms with van der Waals surface area (Å²) in [6, 6.07) is 7.40. The number of non-ortho nitro benzene ring substituents is 1. The number of pyridine rings is 1. The SMILES string of the molecule is COc1ccc([N+](=O)[O-])cc1CS(=O)c1ncccc1N. The molecule has 1 atom stereocenters. The Hall–Kier alpha value is -2.48. The van der Waals surface area contributed by atoms with Crippen molar-refractivity contribution < 1.29 is 13.9 Å². The fraction of sp³-hybridized carbons (Fsp3) is 0.154. The number of ether oxygens (including phenoxy) is 1. The van der Waals surface area contributed by atoms with Gasteiger partial charge in [-0.25, -0.2) is 4.98 Å². The maximum Gasteiger partial charge on any atom is 0.270 e. The smallest absolute Gasteiger partial charge is 0.270 e. The first-order valence-corrected chi connectivity index (χ1v) is 7.25. The molecule has 0 aliphatic carbocycles. The molecule has 21 heavy (non-hydrogen) atoms. The van der Waals surface area contributed by atoms with Gasteiger partial charge in [-0.2, -0.15) is 0 Å². The van der Waals surface area contributed by atoms with E-state index in [-0.39, 0.29) is 16.5 Å². The Kier molecular flexibility index (Phi) is 4.49. The second kappa shape index (κ2) is 6.31. The summed E-state index contributed by atoms with van der Waals surface area (Å²) in [5.74, 6) is 0.468. The van der Waals surface area contributed by atoms with Gasteiger partial charge in [0.25, 0.3) is 5.69 Å². The number of rotatable bonds is 5. The lowest BCUT2D eigenvalue weighted by atomic mass is 10.2. The minimum Gasteiger partial charge on any atom is -0.496 e. The third-order valence-corrected chi connectivity index (χ3v) is 4.12. The number of anilines is 1. The number of hydrogen-bond donors (Lipinski definition) is 1. The Morgan fingerprint density at radius 1 is 1.43 bits per heavy atom. The molecule has 2 N–H and O–H groups in total. The number of aromatic nitrogens is 1. The third kappa shape index (κ3) is 3.34. The summed E-state index contributed by atoms with van der Waals surface area (Å²) in [6.45, 7) is 0. The van der Waals surface area contributed by atoms with Gasteiger partial charge in [0.15, 0.2) is 0 Å². The average Bonchev–Trinajstić information content (AvgIpc) is 2.47. The van der Waals surface area contributed by atoms with E-state index in [1.54, 1.807) is 12.1 Å². The standard InChI is InChI=1S/C13H13N3O4S/c1-20-12-5-4-10(16(17)18)7-9(12)8-21(19)13-11(14)3-2-6-15-13/h2-7H,8,14H2,1H3. The number of hydrogen-bond acceptors (Lipinski definition) is 6. The summed E-state index contributed by atoms with van der Waals surface area (Å²) in [5.41, 5.74) is 6.43. The number of methoxy groups -OCH3 is 1. The number of nitrogen functional groups attached to an aromatic ring is 1. The molecule has 0 amide bonds. The molecule has 0 spiro atoms. The first-order valence-electron chi connectivity index (χ1n) is 5.93. The van der Waals surface area contributed by atoms with E-state index in [0.29, 0.717) is 17.0 Å². The van der Waals surface area contributed by atoms with Gasteiger partial charge in [0.05, 0.1) is 34.3 Å². The molecule has 1 unspecified atom stereocenters. The first-order chi connectivity index (χ1) is 10.0. The molecule has 0 aliphatic heterocycles. The fourth-order valence-electron chi connectivity index (χ4n) is 1.79. The van der Waals surface area contributed by atoms with Crippen molar-refractivity contribution in [3.63, 3.8) is 0 Å². The molecule has 7 nitrogen and oxygen atoms in total. The van der Waals surface area contributed by atoms with Gasteiger partial charge in [0.1, 0.15) is 10.8 Å². The van der Waals surface area contributed by atoms with Crippen LogP contribution in [0.5, 0.6) is 5.75 Å². The van der Waals surface area contributed by atoms with Gasteiger partial charge >= 0.3 is 0 Å². The number of nitro groups is 1. The van der Waals surface area contributed by atoms with Crippen LogP contribution < -0.4 is 10.5 Å². The minimum atomic E-state index is -1.52. The Morgan fingerprint density at radius 2 is 2.19 bits per heavy atom. The minimum absolute atomic E-state index is 0.0338. The molecular formula is C13H13N3O4S. The molecule has 2 rings (SSSR count). The summed E-state index contributed by atoms with van der Waals surface area (Å²) in [5, 5.41) is 11.1. The van der Waals surface area contributed by atoms with Crippen molar-refractivity contribution in [2.45, 2.75) is 10.8 Å². The van der Waals surface area contributed by atoms with E-state index >= 15 is 0 Å². The molecule has 110 valence electrons. The molecule has 0 saturated carbocycles. The van der Waals surface area contributed by atoms with Gasteiger partial charge in [-0.1, -0.05) is 0 Å². The number of benzene rings is 1. The maximum atomic E-state index is 12.3. The van der Waals surface area contributed by atoms with E-state index in [2.05, 4.69) is 4.98 Å². The summed E-state index contributed by atoms with van der Waals surface area (Å²) in [4.78, 5) is 14.3. The van der Waals surface area contributed by atoms with Crippen LogP contribution in [0.25, 0.3) is 0 Å². The average molecular weight is 307 g/mol. The van der Waals surface area contributed by atoms with Gasteiger partial charge < -0.3 is 10.5 Å². The van der Waals surface area contributed by atoms with Crippen LogP contribution in [0, 0.1) is 10.1 Å². The van der Waals surface area contributed by atoms with Crippen LogP contribution in [-0.2, 0) is 16.6 Å². The van der Waals surface area contributed by atoms with Crippen molar-refractivity contribution in [1.82, 2.24) is 4.98 Å². The topological polar surface area (TPSA) is 108 Å². The third-order valence-electron chi connectivity index (χ3n) is 2.78. The second-order valence-electron chi connectivity index (χ2n) is 4.14. The molecule has 0 aliphatic rings. The number of nitro benzene ring substituents is 1. The van der Waals surface area contributed by atoms with Crippen molar-refractivity contribution in [3.05, 3.63) is 52.2 Å². The summed E-state index contributed by atoms with van der Waals surface area (Å²) in [6.07, 6.45) is 1.49. The molecule has 1 aromatic heterocycles. The molecule has 0 fully saturated rings. The van der Waals surface area contributed by atoms with E-state index in [4.69, 9.17) is 10.5 Å². The predicted octanol–water partition coefficient (Wildman–Crippen LogP) is 1.89. The fourth-order valence-corrected chi connectivity index (χ4v) is 2.95. The maximum absolute atomic E-state index is 12.3. The van der Waals surface area contributed by atoms with Gasteiger partial charge in [-0.05, 0) is 18.2 Å². The summed E-state index contributed by atoms with van der Waals surface area (Å²) >= 11 is 0. The molecular weight excluding hydrogens is 294 g/mol. The normalized spacial score (nSPS) is 11.9. The largest absolute Gasteiger partial charge is 0.496 e. The van der Waals surface area contributed by atoms with Crippen LogP contribution in [0.1, 0.15) is 5.56 Å². The van der Waals surface area contributed by atoms with Gasteiger partial charge in [-0.15, -0.1) is 0 Å². The van der Waals surface area contributed by atoms with Crippen molar-refractivity contribution in [2.24, 2.45) is 0 Å². The van der Waals surface area contributed by atoms with Crippen LogP contribution in [-0.4, -0.2) is 21.2 Å². The lowest BCUT2D eigenvalue weighted by Gasteiger charge is -2.09. The lowest BCUT2D eigenvalue weighted by molar-refractivity contribution is -0.384. The van der Waals surface area contributed by atoms with Crippen LogP contribution in [0.15, 0.2) is 41.6 Å². The van der Waals surface area contributed by atoms with Gasteiger partial charge in [0, 0.05) is 23.9 Å². The molecule has 0 radical (unpaired) electrons. The highest BCUT2D eigenvalue weighted by Crippen LogP contribution is 2.27. The molecule has 8 heteroatoms. The van der Waals surface area contributed by atoms with E-state index in [1.165, 1.54) is 31.5 Å². The van der Waals surface area contributed by atoms with E-state index in [0.717, 1.165) is 0 Å². The van der Waals surface area contributed by atoms with Gasteiger partial charge in [-0.3, -0.25) is 14.3 Å². The predicted molar refractivity (Wildman–Crippen MR) is 78.4 cm³/mol. The number of nitrogens with two attached hydrogens (primary N) is 1. The van der Waals surface area contributed by atoms with Crippen LogP contribution in [0.3, 0.4) is 0 Å². The highest BCUT2D eigenvalue weighted by molar-refractivity contribution is 7.84. The van der Waals surface area contributed by atoms with Crippen molar-refractivity contribution >= 4 is 22.2 Å². The zero-order valence-electron chi connectivity index (χ0n) is 11.2. The van der Waals surface area contributed by atoms with Gasteiger partial charge in [0.2, 0.25) is 0 Å². The van der Waals surface area contributed by atoms with Crippen molar-refractivity contribution in [2.75, 3.05) is 12.8 Å². The highest BCUT2D eigenvalue weighted by Gasteiger charge is 2.16. The van der Waals surface area contributed by atoms with E-state index < -0.39 is 15.7 Å². The van der Waals surface area contributed by atoms with E-state index in [1.807, 2.05) is 0 Å². The molecule has 0 bridgehead atoms. The van der Waals surface area contributed by atoms with Crippen LogP contribution in [0.2, 0.25) is 0 Å². The monoisotopic (exact) mass is 307 g/mol. The zero-order valence-corrected chi connectivity index (χ0v) is 12.0. The summed E-state index contributed by atoms with van der Waals surface area (Å²) in [7, 11) is -0.0709. The highest BCUT2D eigenvalue weighted by atomic mass is 32.2. The van der Waals surface area contributed by atoms with Crippen LogP contribution in [0.4, 0.5) is 11.4 Å². The lowest BCUT2D eigenvalue weighted by Crippen LogP contribution is -2.04. The molecule has 1 heterocycles. The Morgan fingerprint density at radius 3 is 2.81 bits per heavy atom. The quantitative estimate of drug-likeness (QED) is 0.667. The Labute approximate surface area is 123 Å². The Bertz CT molecular complexity index is 706. The molecule has 0 saturated heterocycles. The zero-order chi connectivity index (χ0) is 15.4. The Balaban J connectivity index is 2.34. The van der Waals surface area contributed by atoms with Crippen molar-refractivity contribution in [1.29, 1.82) is 0 Å². The van der Waals surface area contributed by atoms with E-state index in [9.17, 15) is 14.3 Å². The first kappa shape index (κ1) is 14.9. The van der Waals surface area contributed by atoms with Crippen LogP contribution >= 0.6 is 0 Å². The summed E-state index contributed by atoms with van der Waals surface area (Å²) < 4.78 is 17.5. The number of nitrogens with zero attached hydrogens (tertiary/aromatic N) is 2. The van der Waals surface area contributed by atoms with Crippen molar-refractivity contribution in [3.8, 4) is 5.75 Å². The molecule has 1 aromatic carbocycles. The second-order valence-corrected chi connectivity index (χ2v) is 5.51. The molecule has 2 aromatic rings.